The van der Waals surface area contributed by atoms with E-state index in [9.17, 15) is 0 Å². The fourth-order valence-corrected chi connectivity index (χ4v) is 3.42. The zero-order valence-electron chi connectivity index (χ0n) is 14.0. The third-order valence-electron chi connectivity index (χ3n) is 4.60. The summed E-state index contributed by atoms with van der Waals surface area (Å²) in [6, 6.07) is 12.0. The molecule has 3 heteroatoms. The summed E-state index contributed by atoms with van der Waals surface area (Å²) in [7, 11) is 4.41. The summed E-state index contributed by atoms with van der Waals surface area (Å²) in [5.74, 6) is 0.752. The normalized spacial score (nSPS) is 24.6. The summed E-state index contributed by atoms with van der Waals surface area (Å²) in [4.78, 5) is 5.00. The monoisotopic (exact) mass is 289 g/mol. The molecular weight excluding hydrogens is 258 g/mol. The van der Waals surface area contributed by atoms with E-state index < -0.39 is 0 Å². The lowest BCUT2D eigenvalue weighted by molar-refractivity contribution is 0.243. The first-order valence-electron chi connectivity index (χ1n) is 8.29. The van der Waals surface area contributed by atoms with Gasteiger partial charge in [0, 0.05) is 31.7 Å². The van der Waals surface area contributed by atoms with Crippen LogP contribution in [-0.2, 0) is 0 Å². The fraction of sp³-hybridized carbons (Fsp3) is 0.667. The van der Waals surface area contributed by atoms with Gasteiger partial charge < -0.3 is 10.2 Å². The Morgan fingerprint density at radius 2 is 1.95 bits per heavy atom. The maximum atomic E-state index is 3.72. The van der Waals surface area contributed by atoms with Gasteiger partial charge in [0.2, 0.25) is 0 Å². The molecule has 0 spiro atoms. The second kappa shape index (κ2) is 7.92. The average Bonchev–Trinajstić information content (AvgIpc) is 2.85. The maximum absolute atomic E-state index is 3.72. The van der Waals surface area contributed by atoms with Crippen molar-refractivity contribution in [2.45, 2.75) is 32.4 Å². The fourth-order valence-electron chi connectivity index (χ4n) is 3.42. The maximum Gasteiger partial charge on any atom is 0.0449 e. The van der Waals surface area contributed by atoms with E-state index in [1.54, 1.807) is 0 Å². The van der Waals surface area contributed by atoms with Gasteiger partial charge in [-0.25, -0.2) is 0 Å². The van der Waals surface area contributed by atoms with Gasteiger partial charge in [0.1, 0.15) is 0 Å². The van der Waals surface area contributed by atoms with Crippen LogP contribution >= 0.6 is 0 Å². The van der Waals surface area contributed by atoms with Crippen molar-refractivity contribution < 1.29 is 0 Å². The highest BCUT2D eigenvalue weighted by atomic mass is 15.2. The minimum atomic E-state index is 0.444. The van der Waals surface area contributed by atoms with Crippen molar-refractivity contribution in [2.75, 3.05) is 40.3 Å². The van der Waals surface area contributed by atoms with Crippen LogP contribution in [0.1, 0.15) is 31.9 Å². The summed E-state index contributed by atoms with van der Waals surface area (Å²) in [6.07, 6.45) is 1.18. The minimum absolute atomic E-state index is 0.444. The Bertz CT molecular complexity index is 404. The molecule has 1 aliphatic rings. The Morgan fingerprint density at radius 3 is 2.52 bits per heavy atom. The molecule has 0 aliphatic carbocycles. The molecule has 1 aromatic carbocycles. The average molecular weight is 289 g/mol. The lowest BCUT2D eigenvalue weighted by atomic mass is 10.1. The van der Waals surface area contributed by atoms with Crippen molar-refractivity contribution in [3.05, 3.63) is 35.9 Å². The summed E-state index contributed by atoms with van der Waals surface area (Å²) in [6.45, 7) is 9.20. The van der Waals surface area contributed by atoms with Gasteiger partial charge in [0.15, 0.2) is 0 Å². The highest BCUT2D eigenvalue weighted by Crippen LogP contribution is 2.23. The Balaban J connectivity index is 1.99. The van der Waals surface area contributed by atoms with Gasteiger partial charge in [-0.05, 0) is 38.5 Å². The van der Waals surface area contributed by atoms with Crippen molar-refractivity contribution >= 4 is 0 Å². The minimum Gasteiger partial charge on any atom is -0.309 e. The zero-order chi connectivity index (χ0) is 15.2. The SMILES string of the molecule is CCCNC(CN1CC(C)C(N(C)C)C1)c1ccccc1. The Morgan fingerprint density at radius 1 is 1.24 bits per heavy atom. The van der Waals surface area contributed by atoms with Gasteiger partial charge in [-0.3, -0.25) is 4.90 Å². The van der Waals surface area contributed by atoms with E-state index in [2.05, 4.69) is 73.4 Å². The van der Waals surface area contributed by atoms with Crippen molar-refractivity contribution in [3.8, 4) is 0 Å². The quantitative estimate of drug-likeness (QED) is 0.832. The standard InChI is InChI=1S/C18H31N3/c1-5-11-19-17(16-9-7-6-8-10-16)13-21-12-15(2)18(14-21)20(3)4/h6-10,15,17-19H,5,11-14H2,1-4H3. The molecule has 0 bridgehead atoms. The Labute approximate surface area is 130 Å². The van der Waals surface area contributed by atoms with Crippen LogP contribution in [0.3, 0.4) is 0 Å². The van der Waals surface area contributed by atoms with Crippen LogP contribution in [0, 0.1) is 5.92 Å². The van der Waals surface area contributed by atoms with Crippen molar-refractivity contribution in [1.82, 2.24) is 15.1 Å². The van der Waals surface area contributed by atoms with E-state index in [-0.39, 0.29) is 0 Å². The molecule has 3 atom stereocenters. The third-order valence-corrected chi connectivity index (χ3v) is 4.60. The molecule has 21 heavy (non-hydrogen) atoms. The molecule has 1 heterocycles. The van der Waals surface area contributed by atoms with Crippen molar-refractivity contribution in [1.29, 1.82) is 0 Å². The predicted molar refractivity (Wildman–Crippen MR) is 90.6 cm³/mol. The molecule has 0 saturated carbocycles. The Kier molecular flexibility index (Phi) is 6.22. The molecule has 3 unspecified atom stereocenters. The highest BCUT2D eigenvalue weighted by Gasteiger charge is 2.32. The van der Waals surface area contributed by atoms with E-state index in [0.29, 0.717) is 12.1 Å². The van der Waals surface area contributed by atoms with Crippen LogP contribution in [-0.4, -0.2) is 56.1 Å². The Hall–Kier alpha value is -0.900. The highest BCUT2D eigenvalue weighted by molar-refractivity contribution is 5.19. The molecule has 0 radical (unpaired) electrons. The molecule has 1 aliphatic heterocycles. The van der Waals surface area contributed by atoms with Crippen LogP contribution in [0.2, 0.25) is 0 Å². The van der Waals surface area contributed by atoms with Gasteiger partial charge in [0.05, 0.1) is 0 Å². The van der Waals surface area contributed by atoms with E-state index in [4.69, 9.17) is 0 Å². The van der Waals surface area contributed by atoms with Gasteiger partial charge in [-0.15, -0.1) is 0 Å². The van der Waals surface area contributed by atoms with Gasteiger partial charge in [-0.2, -0.15) is 0 Å². The van der Waals surface area contributed by atoms with Crippen LogP contribution < -0.4 is 5.32 Å². The van der Waals surface area contributed by atoms with Crippen molar-refractivity contribution in [3.63, 3.8) is 0 Å². The zero-order valence-corrected chi connectivity index (χ0v) is 14.0. The molecular formula is C18H31N3. The van der Waals surface area contributed by atoms with Crippen molar-refractivity contribution in [2.24, 2.45) is 5.92 Å². The summed E-state index contributed by atoms with van der Waals surface area (Å²) in [5, 5.41) is 3.72. The number of hydrogen-bond donors (Lipinski definition) is 1. The number of hydrogen-bond acceptors (Lipinski definition) is 3. The first-order chi connectivity index (χ1) is 10.1. The lowest BCUT2D eigenvalue weighted by Crippen LogP contribution is -2.37. The van der Waals surface area contributed by atoms with Crippen LogP contribution in [0.4, 0.5) is 0 Å². The van der Waals surface area contributed by atoms with Crippen LogP contribution in [0.25, 0.3) is 0 Å². The van der Waals surface area contributed by atoms with Gasteiger partial charge >= 0.3 is 0 Å². The topological polar surface area (TPSA) is 18.5 Å². The number of likely N-dealkylation sites (tertiary alicyclic amines) is 1. The molecule has 0 aromatic heterocycles. The first-order valence-corrected chi connectivity index (χ1v) is 8.29. The second-order valence-electron chi connectivity index (χ2n) is 6.64. The number of nitrogens with one attached hydrogen (secondary N) is 1. The first kappa shape index (κ1) is 16.5. The van der Waals surface area contributed by atoms with E-state index in [1.807, 2.05) is 0 Å². The number of likely N-dealkylation sites (N-methyl/N-ethyl adjacent to an activating group) is 1. The largest absolute Gasteiger partial charge is 0.309 e. The summed E-state index contributed by atoms with van der Waals surface area (Å²) in [5.41, 5.74) is 1.41. The second-order valence-corrected chi connectivity index (χ2v) is 6.64. The molecule has 1 aromatic rings. The molecule has 0 amide bonds. The molecule has 118 valence electrons. The van der Waals surface area contributed by atoms with Crippen LogP contribution in [0.5, 0.6) is 0 Å². The van der Waals surface area contributed by atoms with Gasteiger partial charge in [0.25, 0.3) is 0 Å². The number of rotatable bonds is 7. The molecule has 3 nitrogen and oxygen atoms in total. The molecule has 1 saturated heterocycles. The van der Waals surface area contributed by atoms with E-state index in [0.717, 1.165) is 19.0 Å². The molecule has 1 N–H and O–H groups in total. The number of benzene rings is 1. The van der Waals surface area contributed by atoms with Gasteiger partial charge in [-0.1, -0.05) is 44.2 Å². The number of nitrogens with zero attached hydrogens (tertiary/aromatic N) is 2. The third kappa shape index (κ3) is 4.53. The predicted octanol–water partition coefficient (Wildman–Crippen LogP) is 2.61. The smallest absolute Gasteiger partial charge is 0.0449 e. The molecule has 2 rings (SSSR count). The van der Waals surface area contributed by atoms with E-state index in [1.165, 1.54) is 25.1 Å². The molecule has 1 fully saturated rings. The van der Waals surface area contributed by atoms with Crippen LogP contribution in [0.15, 0.2) is 30.3 Å². The lowest BCUT2D eigenvalue weighted by Gasteiger charge is -2.26. The summed E-state index contributed by atoms with van der Waals surface area (Å²) < 4.78 is 0. The van der Waals surface area contributed by atoms with E-state index >= 15 is 0 Å². The summed E-state index contributed by atoms with van der Waals surface area (Å²) >= 11 is 0.